The van der Waals surface area contributed by atoms with E-state index in [0.717, 1.165) is 17.8 Å². The third kappa shape index (κ3) is 11.7. The fourth-order valence-electron chi connectivity index (χ4n) is 4.27. The lowest BCUT2D eigenvalue weighted by atomic mass is 9.78. The molecule has 0 bridgehead atoms. The third-order valence-corrected chi connectivity index (χ3v) is 6.77. The monoisotopic (exact) mass is 542 g/mol. The van der Waals surface area contributed by atoms with Crippen LogP contribution < -0.4 is 10.6 Å². The van der Waals surface area contributed by atoms with Crippen LogP contribution in [0.15, 0.2) is 18.2 Å². The maximum Gasteiger partial charge on any atom is 0.175 e. The van der Waals surface area contributed by atoms with E-state index in [1.165, 1.54) is 5.56 Å². The van der Waals surface area contributed by atoms with Crippen molar-refractivity contribution in [1.82, 2.24) is 0 Å². The molecule has 0 spiro atoms. The summed E-state index contributed by atoms with van der Waals surface area (Å²) in [5.74, 6) is 0.422. The van der Waals surface area contributed by atoms with Gasteiger partial charge < -0.3 is 48.9 Å². The van der Waals surface area contributed by atoms with Crippen LogP contribution >= 0.6 is 0 Å². The van der Waals surface area contributed by atoms with Gasteiger partial charge >= 0.3 is 0 Å². The van der Waals surface area contributed by atoms with Crippen LogP contribution in [0.3, 0.4) is 0 Å². The quantitative estimate of drug-likeness (QED) is 0.129. The molecule has 1 aliphatic heterocycles. The molecule has 0 amide bonds. The molecule has 0 aromatic heterocycles. The Bertz CT molecular complexity index is 752. The molecule has 1 aromatic rings. The Hall–Kier alpha value is -1.50. The molecule has 1 aromatic carbocycles. The van der Waals surface area contributed by atoms with Crippen molar-refractivity contribution < 1.29 is 38.3 Å². The highest BCUT2D eigenvalue weighted by Gasteiger charge is 2.39. The Labute approximate surface area is 228 Å². The predicted octanol–water partition coefficient (Wildman–Crippen LogP) is 2.50. The Morgan fingerprint density at radius 3 is 1.95 bits per heavy atom. The predicted molar refractivity (Wildman–Crippen MR) is 148 cm³/mol. The molecule has 2 unspecified atom stereocenters. The van der Waals surface area contributed by atoms with Crippen molar-refractivity contribution in [3.63, 3.8) is 0 Å². The molecular weight excluding hydrogens is 492 g/mol. The largest absolute Gasteiger partial charge is 0.399 e. The van der Waals surface area contributed by atoms with Gasteiger partial charge in [0.25, 0.3) is 0 Å². The van der Waals surface area contributed by atoms with Crippen molar-refractivity contribution in [2.45, 2.75) is 45.9 Å². The van der Waals surface area contributed by atoms with Gasteiger partial charge in [0.1, 0.15) is 0 Å². The Morgan fingerprint density at radius 2 is 1.39 bits per heavy atom. The smallest absolute Gasteiger partial charge is 0.175 e. The number of fused-ring (bicyclic) bond motifs is 1. The Balaban J connectivity index is 1.88. The number of aliphatic hydroxyl groups is 1. The summed E-state index contributed by atoms with van der Waals surface area (Å²) in [5, 5.41) is 8.77. The van der Waals surface area contributed by atoms with Crippen LogP contribution in [0.1, 0.15) is 33.3 Å². The van der Waals surface area contributed by atoms with Gasteiger partial charge in [-0.15, -0.1) is 0 Å². The standard InChI is InChI=1S/C28H50N2O8/c1-5-32-10-11-34-14-15-36-17-19-38-27(37-18-16-35-13-12-33-9-8-31)22-30-26-7-6-25(29)21-24(26)20-23(2)28(30,3)4/h6-7,21,23,27,31H,5,8-20,22,29H2,1-4H3. The van der Waals surface area contributed by atoms with Gasteiger partial charge in [-0.05, 0) is 56.9 Å². The van der Waals surface area contributed by atoms with Crippen LogP contribution in [0.2, 0.25) is 0 Å². The molecular formula is C28H50N2O8. The van der Waals surface area contributed by atoms with Gasteiger partial charge in [0.2, 0.25) is 0 Å². The molecule has 38 heavy (non-hydrogen) atoms. The van der Waals surface area contributed by atoms with E-state index in [9.17, 15) is 0 Å². The van der Waals surface area contributed by atoms with E-state index in [2.05, 4.69) is 37.8 Å². The number of nitrogens with two attached hydrogens (primary N) is 1. The van der Waals surface area contributed by atoms with Crippen molar-refractivity contribution in [3.8, 4) is 0 Å². The normalized spacial score (nSPS) is 17.5. The molecule has 220 valence electrons. The second-order valence-corrected chi connectivity index (χ2v) is 9.80. The second kappa shape index (κ2) is 18.7. The molecule has 3 N–H and O–H groups in total. The zero-order valence-electron chi connectivity index (χ0n) is 23.8. The van der Waals surface area contributed by atoms with Gasteiger partial charge in [0.15, 0.2) is 6.29 Å². The molecule has 0 saturated carbocycles. The van der Waals surface area contributed by atoms with E-state index in [1.54, 1.807) is 0 Å². The van der Waals surface area contributed by atoms with Gasteiger partial charge in [-0.25, -0.2) is 0 Å². The van der Waals surface area contributed by atoms with Gasteiger partial charge in [0.05, 0.1) is 85.8 Å². The molecule has 1 aliphatic rings. The molecule has 0 fully saturated rings. The first-order valence-electron chi connectivity index (χ1n) is 13.8. The third-order valence-electron chi connectivity index (χ3n) is 6.77. The van der Waals surface area contributed by atoms with Crippen LogP contribution in [-0.4, -0.2) is 109 Å². The number of aliphatic hydroxyl groups excluding tert-OH is 1. The van der Waals surface area contributed by atoms with Crippen LogP contribution in [0.4, 0.5) is 11.4 Å². The summed E-state index contributed by atoms with van der Waals surface area (Å²) >= 11 is 0. The number of hydrogen-bond donors (Lipinski definition) is 2. The van der Waals surface area contributed by atoms with E-state index in [1.807, 2.05) is 13.0 Å². The number of anilines is 2. The summed E-state index contributed by atoms with van der Waals surface area (Å²) in [6.07, 6.45) is 0.508. The fraction of sp³-hybridized carbons (Fsp3) is 0.786. The number of rotatable bonds is 22. The number of benzene rings is 1. The first-order valence-corrected chi connectivity index (χ1v) is 13.8. The van der Waals surface area contributed by atoms with Gasteiger partial charge in [-0.1, -0.05) is 6.92 Å². The summed E-state index contributed by atoms with van der Waals surface area (Å²) in [6, 6.07) is 6.12. The fourth-order valence-corrected chi connectivity index (χ4v) is 4.27. The molecule has 1 heterocycles. The van der Waals surface area contributed by atoms with E-state index in [0.29, 0.717) is 91.7 Å². The first-order chi connectivity index (χ1) is 18.4. The van der Waals surface area contributed by atoms with Crippen LogP contribution in [0.25, 0.3) is 0 Å². The highest BCUT2D eigenvalue weighted by molar-refractivity contribution is 5.63. The molecule has 0 aliphatic carbocycles. The highest BCUT2D eigenvalue weighted by Crippen LogP contribution is 2.41. The molecule has 10 heteroatoms. The summed E-state index contributed by atoms with van der Waals surface area (Å²) in [6.45, 7) is 15.1. The van der Waals surface area contributed by atoms with Crippen molar-refractivity contribution in [1.29, 1.82) is 0 Å². The van der Waals surface area contributed by atoms with E-state index >= 15 is 0 Å². The summed E-state index contributed by atoms with van der Waals surface area (Å²) < 4.78 is 39.5. The minimum Gasteiger partial charge on any atom is -0.399 e. The van der Waals surface area contributed by atoms with Crippen molar-refractivity contribution in [2.24, 2.45) is 5.92 Å². The second-order valence-electron chi connectivity index (χ2n) is 9.80. The molecule has 2 rings (SSSR count). The van der Waals surface area contributed by atoms with Crippen LogP contribution in [-0.2, 0) is 39.6 Å². The average molecular weight is 543 g/mol. The lowest BCUT2D eigenvalue weighted by Crippen LogP contribution is -2.55. The molecule has 0 saturated heterocycles. The van der Waals surface area contributed by atoms with Crippen molar-refractivity contribution in [2.75, 3.05) is 103 Å². The average Bonchev–Trinajstić information content (AvgIpc) is 2.89. The van der Waals surface area contributed by atoms with E-state index in [-0.39, 0.29) is 12.1 Å². The van der Waals surface area contributed by atoms with E-state index < -0.39 is 6.29 Å². The number of ether oxygens (including phenoxy) is 7. The Kier molecular flexibility index (Phi) is 16.1. The molecule has 2 atom stereocenters. The van der Waals surface area contributed by atoms with Gasteiger partial charge in [-0.3, -0.25) is 0 Å². The number of nitrogens with zero attached hydrogens (tertiary/aromatic N) is 1. The van der Waals surface area contributed by atoms with Crippen molar-refractivity contribution in [3.05, 3.63) is 23.8 Å². The lowest BCUT2D eigenvalue weighted by Gasteiger charge is -2.50. The molecule has 10 nitrogen and oxygen atoms in total. The maximum absolute atomic E-state index is 8.77. The van der Waals surface area contributed by atoms with Crippen LogP contribution in [0, 0.1) is 5.92 Å². The number of nitrogen functional groups attached to an aromatic ring is 1. The summed E-state index contributed by atoms with van der Waals surface area (Å²) in [5.41, 5.74) is 9.18. The maximum atomic E-state index is 8.77. The zero-order chi connectivity index (χ0) is 27.6. The van der Waals surface area contributed by atoms with E-state index in [4.69, 9.17) is 44.0 Å². The molecule has 0 radical (unpaired) electrons. The topological polar surface area (TPSA) is 114 Å². The number of hydrogen-bond acceptors (Lipinski definition) is 10. The lowest BCUT2D eigenvalue weighted by molar-refractivity contribution is -0.155. The van der Waals surface area contributed by atoms with Gasteiger partial charge in [0, 0.05) is 23.5 Å². The highest BCUT2D eigenvalue weighted by atomic mass is 16.7. The zero-order valence-corrected chi connectivity index (χ0v) is 23.8. The SMILES string of the molecule is CCOCCOCCOCCOC(CN1c2ccc(N)cc2CC(C)C1(C)C)OCCOCCOCCO. The van der Waals surface area contributed by atoms with Crippen LogP contribution in [0.5, 0.6) is 0 Å². The van der Waals surface area contributed by atoms with Gasteiger partial charge in [-0.2, -0.15) is 0 Å². The van der Waals surface area contributed by atoms with Crippen molar-refractivity contribution >= 4 is 11.4 Å². The summed E-state index contributed by atoms with van der Waals surface area (Å²) in [7, 11) is 0. The summed E-state index contributed by atoms with van der Waals surface area (Å²) in [4.78, 5) is 2.37. The minimum atomic E-state index is -0.467. The Morgan fingerprint density at radius 1 is 0.868 bits per heavy atom. The first kappa shape index (κ1) is 32.7. The minimum absolute atomic E-state index is 0.00791.